The molecule has 0 aromatic carbocycles. The molecule has 0 aromatic rings. The van der Waals surface area contributed by atoms with E-state index in [1.165, 1.54) is 7.11 Å². The minimum Gasteiger partial charge on any atom is -0.481 e. The number of carbonyl (C=O) groups excluding carboxylic acids is 1. The Balaban J connectivity index is 1.58. The third-order valence-corrected chi connectivity index (χ3v) is 10.8. The van der Waals surface area contributed by atoms with Gasteiger partial charge in [0, 0.05) is 12.5 Å². The summed E-state index contributed by atoms with van der Waals surface area (Å²) in [5.74, 6) is -1.63. The van der Waals surface area contributed by atoms with Gasteiger partial charge >= 0.3 is 5.97 Å². The number of carboxylic acid groups (broad SMARTS) is 1. The van der Waals surface area contributed by atoms with Gasteiger partial charge in [0.2, 0.25) is 0 Å². The molecule has 202 valence electrons. The van der Waals surface area contributed by atoms with Crippen LogP contribution in [-0.2, 0) is 23.8 Å². The SMILES string of the molecule is CO[C@H]1[C@@H](O)[C@H](O)[C@H](OC[C@@]23C[C@@H]4[C@H](C)[C@@H](O)C[C@H]4[C@@]4(C=O)C[C@@H]2C=C(C(C)C)[C@@]34C(=O)O)O[C@@H]1C. The molecule has 9 nitrogen and oxygen atoms in total. The van der Waals surface area contributed by atoms with E-state index in [0.717, 1.165) is 11.9 Å². The Morgan fingerprint density at radius 1 is 1.22 bits per heavy atom. The van der Waals surface area contributed by atoms with Gasteiger partial charge in [0.25, 0.3) is 0 Å². The Hall–Kier alpha value is -1.36. The molecule has 3 saturated carbocycles. The summed E-state index contributed by atoms with van der Waals surface area (Å²) in [7, 11) is 1.43. The number of hydrogen-bond donors (Lipinski definition) is 4. The van der Waals surface area contributed by atoms with E-state index in [1.54, 1.807) is 6.92 Å². The van der Waals surface area contributed by atoms with Crippen LogP contribution in [0, 0.1) is 45.8 Å². The van der Waals surface area contributed by atoms with E-state index < -0.39 is 59.0 Å². The van der Waals surface area contributed by atoms with Gasteiger partial charge in [0.1, 0.15) is 30.0 Å². The summed E-state index contributed by atoms with van der Waals surface area (Å²) in [6, 6.07) is 0. The molecule has 4 fully saturated rings. The number of aldehydes is 1. The minimum absolute atomic E-state index is 0.0224. The highest BCUT2D eigenvalue weighted by Crippen LogP contribution is 2.82. The molecule has 9 heteroatoms. The van der Waals surface area contributed by atoms with Crippen LogP contribution in [0.25, 0.3) is 0 Å². The molecule has 0 amide bonds. The summed E-state index contributed by atoms with van der Waals surface area (Å²) in [6.45, 7) is 7.58. The summed E-state index contributed by atoms with van der Waals surface area (Å²) < 4.78 is 17.3. The summed E-state index contributed by atoms with van der Waals surface area (Å²) in [6.07, 6.45) is -1.37. The van der Waals surface area contributed by atoms with Crippen LogP contribution in [0.2, 0.25) is 0 Å². The van der Waals surface area contributed by atoms with Gasteiger partial charge in [-0.25, -0.2) is 0 Å². The number of hydrogen-bond acceptors (Lipinski definition) is 8. The Kier molecular flexibility index (Phi) is 6.26. The average Bonchev–Trinajstić information content (AvgIpc) is 3.35. The van der Waals surface area contributed by atoms with E-state index in [9.17, 15) is 30.0 Å². The number of allylic oxidation sites excluding steroid dienone is 1. The summed E-state index contributed by atoms with van der Waals surface area (Å²) >= 11 is 0. The molecule has 1 heterocycles. The lowest BCUT2D eigenvalue weighted by Gasteiger charge is -2.58. The van der Waals surface area contributed by atoms with E-state index in [2.05, 4.69) is 6.08 Å². The van der Waals surface area contributed by atoms with Crippen LogP contribution < -0.4 is 0 Å². The molecule has 13 atom stereocenters. The molecule has 36 heavy (non-hydrogen) atoms. The van der Waals surface area contributed by atoms with Gasteiger partial charge < -0.3 is 39.4 Å². The lowest BCUT2D eigenvalue weighted by Crippen LogP contribution is -2.64. The van der Waals surface area contributed by atoms with E-state index >= 15 is 0 Å². The molecule has 1 saturated heterocycles. The largest absolute Gasteiger partial charge is 0.481 e. The second kappa shape index (κ2) is 8.58. The van der Waals surface area contributed by atoms with Crippen molar-refractivity contribution in [1.29, 1.82) is 0 Å². The van der Waals surface area contributed by atoms with Crippen molar-refractivity contribution in [2.75, 3.05) is 13.7 Å². The second-order valence-corrected chi connectivity index (χ2v) is 12.3. The first-order chi connectivity index (χ1) is 16.9. The topological polar surface area (TPSA) is 143 Å². The molecular formula is C27H40O9. The highest BCUT2D eigenvalue weighted by Gasteiger charge is 2.84. The zero-order valence-corrected chi connectivity index (χ0v) is 21.7. The Morgan fingerprint density at radius 2 is 1.92 bits per heavy atom. The smallest absolute Gasteiger partial charge is 0.315 e. The van der Waals surface area contributed by atoms with Gasteiger partial charge in [-0.1, -0.05) is 32.4 Å². The first-order valence-electron chi connectivity index (χ1n) is 13.2. The van der Waals surface area contributed by atoms with Crippen LogP contribution in [-0.4, -0.2) is 83.2 Å². The maximum absolute atomic E-state index is 13.5. The number of aliphatic hydroxyl groups is 3. The van der Waals surface area contributed by atoms with Crippen molar-refractivity contribution in [3.8, 4) is 0 Å². The van der Waals surface area contributed by atoms with Gasteiger partial charge in [-0.05, 0) is 55.8 Å². The Labute approximate surface area is 211 Å². The predicted octanol–water partition coefficient (Wildman–Crippen LogP) is 1.38. The fourth-order valence-corrected chi connectivity index (χ4v) is 9.31. The number of aliphatic hydroxyl groups excluding tert-OH is 3. The number of methoxy groups -OCH3 is 1. The van der Waals surface area contributed by atoms with Crippen LogP contribution in [0.1, 0.15) is 47.0 Å². The summed E-state index contributed by atoms with van der Waals surface area (Å²) in [4.78, 5) is 26.6. The fourth-order valence-electron chi connectivity index (χ4n) is 9.31. The third-order valence-electron chi connectivity index (χ3n) is 10.8. The highest BCUT2D eigenvalue weighted by atomic mass is 16.7. The van der Waals surface area contributed by atoms with Crippen molar-refractivity contribution in [2.24, 2.45) is 45.8 Å². The minimum atomic E-state index is -1.47. The zero-order chi connectivity index (χ0) is 26.4. The van der Waals surface area contributed by atoms with Crippen LogP contribution in [0.3, 0.4) is 0 Å². The molecule has 1 aliphatic heterocycles. The molecule has 0 aromatic heterocycles. The van der Waals surface area contributed by atoms with Crippen molar-refractivity contribution in [3.63, 3.8) is 0 Å². The van der Waals surface area contributed by atoms with Gasteiger partial charge in [-0.2, -0.15) is 0 Å². The highest BCUT2D eigenvalue weighted by molar-refractivity contribution is 5.90. The lowest BCUT2D eigenvalue weighted by atomic mass is 9.43. The maximum Gasteiger partial charge on any atom is 0.315 e. The van der Waals surface area contributed by atoms with E-state index in [-0.39, 0.29) is 36.2 Å². The molecule has 4 bridgehead atoms. The number of aliphatic carboxylic acids is 1. The average molecular weight is 509 g/mol. The van der Waals surface area contributed by atoms with Crippen molar-refractivity contribution >= 4 is 12.3 Å². The zero-order valence-electron chi connectivity index (χ0n) is 21.7. The monoisotopic (exact) mass is 508 g/mol. The molecule has 4 N–H and O–H groups in total. The number of fused-ring (bicyclic) bond motifs is 2. The lowest BCUT2D eigenvalue weighted by molar-refractivity contribution is -0.307. The first-order valence-corrected chi connectivity index (χ1v) is 13.2. The van der Waals surface area contributed by atoms with Crippen molar-refractivity contribution in [3.05, 3.63) is 11.6 Å². The van der Waals surface area contributed by atoms with Crippen LogP contribution in [0.15, 0.2) is 11.6 Å². The van der Waals surface area contributed by atoms with Gasteiger partial charge in [0.15, 0.2) is 6.29 Å². The molecule has 5 rings (SSSR count). The third kappa shape index (κ3) is 2.93. The fraction of sp³-hybridized carbons (Fsp3) is 0.852. The van der Waals surface area contributed by atoms with Crippen molar-refractivity contribution in [2.45, 2.75) is 83.8 Å². The van der Waals surface area contributed by atoms with Gasteiger partial charge in [-0.3, -0.25) is 4.79 Å². The Morgan fingerprint density at radius 3 is 2.50 bits per heavy atom. The Bertz CT molecular complexity index is 950. The van der Waals surface area contributed by atoms with Gasteiger partial charge in [-0.15, -0.1) is 0 Å². The number of carboxylic acids is 1. The van der Waals surface area contributed by atoms with Crippen molar-refractivity contribution < 1.29 is 44.2 Å². The first kappa shape index (κ1) is 26.3. The normalized spacial score (nSPS) is 53.4. The maximum atomic E-state index is 13.5. The van der Waals surface area contributed by atoms with Crippen LogP contribution >= 0.6 is 0 Å². The predicted molar refractivity (Wildman–Crippen MR) is 127 cm³/mol. The summed E-state index contributed by atoms with van der Waals surface area (Å²) in [5.41, 5.74) is -2.79. The molecule has 4 aliphatic carbocycles. The molecule has 5 aliphatic rings. The standard InChI is InChI=1S/C27H40O9/c1-12(2)17-6-15-8-25(10-28)18-7-19(29)13(3)16(18)9-26(15,27(17,25)24(32)33)11-35-23-21(31)20(30)22(34-5)14(4)36-23/h6,10,12-16,18-23,29-31H,7-9,11H2,1-5H3,(H,32,33)/t13-,14+,15-,16+,18+,19-,20-,21-,22+,23+,25-,26-,27-/m0/s1. The number of rotatable bonds is 7. The van der Waals surface area contributed by atoms with Gasteiger partial charge in [0.05, 0.1) is 24.2 Å². The second-order valence-electron chi connectivity index (χ2n) is 12.3. The summed E-state index contributed by atoms with van der Waals surface area (Å²) in [5, 5.41) is 43.1. The van der Waals surface area contributed by atoms with E-state index in [4.69, 9.17) is 14.2 Å². The van der Waals surface area contributed by atoms with Crippen molar-refractivity contribution in [1.82, 2.24) is 0 Å². The molecule has 0 radical (unpaired) electrons. The number of carbonyl (C=O) groups is 2. The molecule has 0 unspecified atom stereocenters. The molecular weight excluding hydrogens is 468 g/mol. The quantitative estimate of drug-likeness (QED) is 0.296. The van der Waals surface area contributed by atoms with Crippen LogP contribution in [0.4, 0.5) is 0 Å². The van der Waals surface area contributed by atoms with E-state index in [1.807, 2.05) is 20.8 Å². The van der Waals surface area contributed by atoms with E-state index in [0.29, 0.717) is 19.3 Å². The van der Waals surface area contributed by atoms with Crippen LogP contribution in [0.5, 0.6) is 0 Å². The number of ether oxygens (including phenoxy) is 3. The molecule has 0 spiro atoms.